The van der Waals surface area contributed by atoms with Gasteiger partial charge in [0.1, 0.15) is 0 Å². The van der Waals surface area contributed by atoms with E-state index in [4.69, 9.17) is 11.6 Å². The van der Waals surface area contributed by atoms with Crippen LogP contribution in [0.4, 0.5) is 0 Å². The highest BCUT2D eigenvalue weighted by atomic mass is 35.5. The zero-order valence-electron chi connectivity index (χ0n) is 17.2. The summed E-state index contributed by atoms with van der Waals surface area (Å²) in [4.78, 5) is 13.0. The highest BCUT2D eigenvalue weighted by Gasteiger charge is 2.59. The molecule has 1 saturated heterocycles. The summed E-state index contributed by atoms with van der Waals surface area (Å²) < 4.78 is 0. The van der Waals surface area contributed by atoms with Crippen molar-refractivity contribution >= 4 is 17.5 Å². The van der Waals surface area contributed by atoms with E-state index in [1.807, 2.05) is 25.1 Å². The van der Waals surface area contributed by atoms with Crippen LogP contribution in [0.1, 0.15) is 67.2 Å². The van der Waals surface area contributed by atoms with E-state index in [2.05, 4.69) is 49.5 Å². The minimum Gasteiger partial charge on any atom is -0.353 e. The Bertz CT molecular complexity index is 977. The van der Waals surface area contributed by atoms with Crippen molar-refractivity contribution in [1.29, 1.82) is 5.26 Å². The fraction of sp³-hybridized carbons (Fsp3) is 0.440. The topological polar surface area (TPSA) is 52.9 Å². The molecule has 1 N–H and O–H groups in total. The third-order valence-electron chi connectivity index (χ3n) is 7.32. The van der Waals surface area contributed by atoms with E-state index in [1.54, 1.807) is 0 Å². The third-order valence-corrected chi connectivity index (χ3v) is 7.58. The predicted molar refractivity (Wildman–Crippen MR) is 116 cm³/mol. The number of carbonyl (C=O) groups is 1. The van der Waals surface area contributed by atoms with Gasteiger partial charge in [0, 0.05) is 17.0 Å². The van der Waals surface area contributed by atoms with E-state index in [-0.39, 0.29) is 35.1 Å². The molecule has 29 heavy (non-hydrogen) atoms. The number of fused-ring (bicyclic) bond motifs is 1. The first kappa shape index (κ1) is 20.0. The second kappa shape index (κ2) is 7.50. The average Bonchev–Trinajstić information content (AvgIpc) is 2.98. The third kappa shape index (κ3) is 3.15. The monoisotopic (exact) mass is 406 g/mol. The number of carbonyl (C=O) groups excluding carboxylic acids is 1. The standard InChI is InChI=1S/C25H27ClN2O/c1-4-25-12-11-21(20-10-5-15(2)13-18(20)14-27)22(17-6-8-19(26)9-7-17)23(25)16(3)28-24(25)29/h5-10,13,16,21-23H,4,11-12H2,1-3H3,(H,28,29)/t16-,21+,22-,23+,25-/m1/s1. The van der Waals surface area contributed by atoms with Crippen molar-refractivity contribution in [3.05, 3.63) is 69.7 Å². The van der Waals surface area contributed by atoms with Crippen molar-refractivity contribution in [3.63, 3.8) is 0 Å². The summed E-state index contributed by atoms with van der Waals surface area (Å²) in [5, 5.41) is 13.8. The van der Waals surface area contributed by atoms with Gasteiger partial charge in [-0.15, -0.1) is 0 Å². The lowest BCUT2D eigenvalue weighted by Gasteiger charge is -2.47. The Hall–Kier alpha value is -2.31. The first-order valence-corrected chi connectivity index (χ1v) is 10.9. The minimum atomic E-state index is -0.336. The predicted octanol–water partition coefficient (Wildman–Crippen LogP) is 5.71. The van der Waals surface area contributed by atoms with Crippen LogP contribution in [-0.4, -0.2) is 11.9 Å². The van der Waals surface area contributed by atoms with Crippen molar-refractivity contribution in [2.24, 2.45) is 11.3 Å². The highest BCUT2D eigenvalue weighted by molar-refractivity contribution is 6.30. The SMILES string of the molecule is CC[C@@]12CC[C@@H](c3ccc(C)cc3C#N)[C@@H](c3ccc(Cl)cc3)[C@@H]1[C@@H](C)NC2=O. The van der Waals surface area contributed by atoms with Gasteiger partial charge in [0.15, 0.2) is 0 Å². The number of halogens is 1. The Morgan fingerprint density at radius 1 is 1.24 bits per heavy atom. The molecule has 4 rings (SSSR count). The van der Waals surface area contributed by atoms with E-state index in [1.165, 1.54) is 5.56 Å². The van der Waals surface area contributed by atoms with Gasteiger partial charge in [-0.05, 0) is 79.8 Å². The number of amides is 1. The molecule has 0 unspecified atom stereocenters. The molecule has 1 aliphatic heterocycles. The Kier molecular flexibility index (Phi) is 5.17. The molecule has 2 aromatic carbocycles. The number of benzene rings is 2. The van der Waals surface area contributed by atoms with Gasteiger partial charge in [0.25, 0.3) is 0 Å². The quantitative estimate of drug-likeness (QED) is 0.709. The van der Waals surface area contributed by atoms with Gasteiger partial charge in [-0.2, -0.15) is 5.26 Å². The second-order valence-electron chi connectivity index (χ2n) is 8.72. The van der Waals surface area contributed by atoms with Gasteiger partial charge in [-0.25, -0.2) is 0 Å². The fourth-order valence-electron chi connectivity index (χ4n) is 5.98. The Labute approximate surface area is 178 Å². The van der Waals surface area contributed by atoms with Crippen LogP contribution in [0.15, 0.2) is 42.5 Å². The summed E-state index contributed by atoms with van der Waals surface area (Å²) in [5.74, 6) is 0.739. The summed E-state index contributed by atoms with van der Waals surface area (Å²) in [6.45, 7) is 6.29. The van der Waals surface area contributed by atoms with Crippen molar-refractivity contribution in [2.45, 2.75) is 57.9 Å². The second-order valence-corrected chi connectivity index (χ2v) is 9.16. The van der Waals surface area contributed by atoms with Crippen molar-refractivity contribution in [2.75, 3.05) is 0 Å². The number of rotatable bonds is 3. The number of nitrogens with one attached hydrogen (secondary N) is 1. The van der Waals surface area contributed by atoms with Gasteiger partial charge < -0.3 is 5.32 Å². The molecule has 5 atom stereocenters. The molecular formula is C25H27ClN2O. The summed E-state index contributed by atoms with van der Waals surface area (Å²) in [7, 11) is 0. The van der Waals surface area contributed by atoms with Gasteiger partial charge in [-0.1, -0.05) is 42.8 Å². The Morgan fingerprint density at radius 2 is 1.97 bits per heavy atom. The molecule has 0 bridgehead atoms. The van der Waals surface area contributed by atoms with Crippen LogP contribution in [0.2, 0.25) is 5.02 Å². The normalized spacial score (nSPS) is 31.1. The van der Waals surface area contributed by atoms with E-state index >= 15 is 0 Å². The number of aryl methyl sites for hydroxylation is 1. The van der Waals surface area contributed by atoms with Gasteiger partial charge >= 0.3 is 0 Å². The van der Waals surface area contributed by atoms with Gasteiger partial charge in [0.2, 0.25) is 5.91 Å². The maximum Gasteiger partial charge on any atom is 0.226 e. The van der Waals surface area contributed by atoms with Crippen LogP contribution < -0.4 is 5.32 Å². The minimum absolute atomic E-state index is 0.0990. The molecule has 2 fully saturated rings. The molecule has 0 spiro atoms. The van der Waals surface area contributed by atoms with Crippen molar-refractivity contribution in [3.8, 4) is 6.07 Å². The molecule has 4 heteroatoms. The van der Waals surface area contributed by atoms with Crippen LogP contribution in [0, 0.1) is 29.6 Å². The number of hydrogen-bond donors (Lipinski definition) is 1. The molecule has 2 aromatic rings. The lowest BCUT2D eigenvalue weighted by molar-refractivity contribution is -0.131. The molecule has 150 valence electrons. The summed E-state index contributed by atoms with van der Waals surface area (Å²) in [5.41, 5.74) is 3.82. The highest BCUT2D eigenvalue weighted by Crippen LogP contribution is 2.60. The van der Waals surface area contributed by atoms with E-state index in [9.17, 15) is 10.1 Å². The fourth-order valence-corrected chi connectivity index (χ4v) is 6.11. The van der Waals surface area contributed by atoms with E-state index in [0.717, 1.165) is 36.0 Å². The molecule has 1 heterocycles. The molecule has 3 nitrogen and oxygen atoms in total. The summed E-state index contributed by atoms with van der Waals surface area (Å²) in [6.07, 6.45) is 2.59. The number of nitriles is 1. The van der Waals surface area contributed by atoms with Crippen LogP contribution >= 0.6 is 11.6 Å². The number of nitrogens with zero attached hydrogens (tertiary/aromatic N) is 1. The molecule has 0 aromatic heterocycles. The van der Waals surface area contributed by atoms with Crippen LogP contribution in [0.5, 0.6) is 0 Å². The summed E-state index contributed by atoms with van der Waals surface area (Å²) >= 11 is 6.18. The van der Waals surface area contributed by atoms with Gasteiger partial charge in [0.05, 0.1) is 17.0 Å². The lowest BCUT2D eigenvalue weighted by atomic mass is 9.54. The Balaban J connectivity index is 1.89. The maximum absolute atomic E-state index is 13.0. The first-order valence-electron chi connectivity index (χ1n) is 10.5. The molecule has 0 radical (unpaired) electrons. The van der Waals surface area contributed by atoms with Crippen LogP contribution in [0.3, 0.4) is 0 Å². The molecular weight excluding hydrogens is 380 g/mol. The van der Waals surface area contributed by atoms with E-state index < -0.39 is 0 Å². The lowest BCUT2D eigenvalue weighted by Crippen LogP contribution is -2.44. The zero-order valence-corrected chi connectivity index (χ0v) is 18.0. The van der Waals surface area contributed by atoms with Gasteiger partial charge in [-0.3, -0.25) is 4.79 Å². The van der Waals surface area contributed by atoms with E-state index in [0.29, 0.717) is 5.02 Å². The van der Waals surface area contributed by atoms with Crippen LogP contribution in [-0.2, 0) is 4.79 Å². The molecule has 1 amide bonds. The largest absolute Gasteiger partial charge is 0.353 e. The van der Waals surface area contributed by atoms with Crippen LogP contribution in [0.25, 0.3) is 0 Å². The number of hydrogen-bond acceptors (Lipinski definition) is 2. The Morgan fingerprint density at radius 3 is 2.62 bits per heavy atom. The average molecular weight is 407 g/mol. The smallest absolute Gasteiger partial charge is 0.226 e. The maximum atomic E-state index is 13.0. The first-order chi connectivity index (χ1) is 13.9. The van der Waals surface area contributed by atoms with Crippen molar-refractivity contribution < 1.29 is 4.79 Å². The zero-order chi connectivity index (χ0) is 20.8. The molecule has 1 aliphatic carbocycles. The molecule has 2 aliphatic rings. The molecule has 1 saturated carbocycles. The van der Waals surface area contributed by atoms with Crippen molar-refractivity contribution in [1.82, 2.24) is 5.32 Å². The summed E-state index contributed by atoms with van der Waals surface area (Å²) in [6, 6.07) is 16.8.